The summed E-state index contributed by atoms with van der Waals surface area (Å²) in [6, 6.07) is 7.19. The fourth-order valence-electron chi connectivity index (χ4n) is 5.54. The van der Waals surface area contributed by atoms with Gasteiger partial charge >= 0.3 is 0 Å². The minimum atomic E-state index is -0.124. The highest BCUT2D eigenvalue weighted by molar-refractivity contribution is 5.21. The normalized spacial score (nSPS) is 29.3. The molecule has 0 N–H and O–H groups in total. The first-order valence-electron chi connectivity index (χ1n) is 11.3. The van der Waals surface area contributed by atoms with Gasteiger partial charge in [-0.15, -0.1) is 0 Å². The van der Waals surface area contributed by atoms with Crippen LogP contribution in [0.15, 0.2) is 36.7 Å². The second-order valence-electron chi connectivity index (χ2n) is 8.94. The number of benzene rings is 1. The van der Waals surface area contributed by atoms with Crippen LogP contribution in [0, 0.1) is 23.6 Å². The third-order valence-corrected chi connectivity index (χ3v) is 7.24. The molecule has 1 aromatic rings. The number of hydrogen-bond donors (Lipinski definition) is 0. The van der Waals surface area contributed by atoms with E-state index in [1.807, 2.05) is 12.1 Å². The van der Waals surface area contributed by atoms with E-state index in [2.05, 4.69) is 0 Å². The van der Waals surface area contributed by atoms with Crippen molar-refractivity contribution in [1.29, 1.82) is 0 Å². The average molecular weight is 375 g/mol. The predicted octanol–water partition coefficient (Wildman–Crippen LogP) is 8.34. The molecule has 2 saturated carbocycles. The Hall–Kier alpha value is -1.18. The van der Waals surface area contributed by atoms with Crippen molar-refractivity contribution >= 4 is 0 Å². The van der Waals surface area contributed by atoms with Gasteiger partial charge in [0.05, 0.1) is 6.33 Å². The van der Waals surface area contributed by atoms with Crippen LogP contribution in [0.1, 0.15) is 95.0 Å². The lowest BCUT2D eigenvalue weighted by atomic mass is 9.68. The largest absolute Gasteiger partial charge is 0.216 e. The van der Waals surface area contributed by atoms with E-state index in [9.17, 15) is 8.78 Å². The lowest BCUT2D eigenvalue weighted by Gasteiger charge is -2.38. The van der Waals surface area contributed by atoms with E-state index in [-0.39, 0.29) is 5.82 Å². The Morgan fingerprint density at radius 3 is 2.04 bits per heavy atom. The summed E-state index contributed by atoms with van der Waals surface area (Å²) in [5.74, 6) is 3.33. The molecule has 2 aliphatic rings. The molecule has 0 unspecified atom stereocenters. The van der Waals surface area contributed by atoms with E-state index in [1.54, 1.807) is 18.2 Å². The molecular weight excluding hydrogens is 338 g/mol. The quantitative estimate of drug-likeness (QED) is 0.401. The lowest BCUT2D eigenvalue weighted by molar-refractivity contribution is 0.155. The van der Waals surface area contributed by atoms with E-state index in [1.165, 1.54) is 76.2 Å². The monoisotopic (exact) mass is 374 g/mol. The molecule has 0 aliphatic heterocycles. The standard InChI is InChI=1S/C25H36F2/c26-19-5-3-1-2-4-6-20-7-9-21(10-8-20)22-11-13-23(14-12-22)24-15-17-25(27)18-16-24/h5,15-23H,1-4,6-14H2/b19-5+. The zero-order valence-electron chi connectivity index (χ0n) is 16.7. The Kier molecular flexibility index (Phi) is 8.35. The predicted molar refractivity (Wildman–Crippen MR) is 110 cm³/mol. The van der Waals surface area contributed by atoms with Crippen LogP contribution in [0.25, 0.3) is 0 Å². The molecule has 1 aromatic carbocycles. The summed E-state index contributed by atoms with van der Waals surface area (Å²) in [6.07, 6.45) is 19.3. The molecule has 3 rings (SSSR count). The molecule has 0 radical (unpaired) electrons. The fraction of sp³-hybridized carbons (Fsp3) is 0.680. The Morgan fingerprint density at radius 1 is 0.778 bits per heavy atom. The molecule has 150 valence electrons. The maximum atomic E-state index is 13.1. The molecule has 2 aliphatic carbocycles. The van der Waals surface area contributed by atoms with Crippen molar-refractivity contribution in [3.63, 3.8) is 0 Å². The minimum Gasteiger partial charge on any atom is -0.216 e. The highest BCUT2D eigenvalue weighted by atomic mass is 19.1. The van der Waals surface area contributed by atoms with Gasteiger partial charge in [-0.1, -0.05) is 50.3 Å². The first-order chi connectivity index (χ1) is 13.3. The second kappa shape index (κ2) is 11.0. The molecule has 2 heteroatoms. The van der Waals surface area contributed by atoms with Crippen LogP contribution in [-0.4, -0.2) is 0 Å². The first kappa shape index (κ1) is 20.6. The molecule has 0 spiro atoms. The molecule has 0 aromatic heterocycles. The number of allylic oxidation sites excluding steroid dienone is 1. The Labute approximate surface area is 164 Å². The molecule has 0 nitrogen and oxygen atoms in total. The Balaban J connectivity index is 1.32. The van der Waals surface area contributed by atoms with Crippen LogP contribution >= 0.6 is 0 Å². The van der Waals surface area contributed by atoms with Crippen molar-refractivity contribution in [1.82, 2.24) is 0 Å². The molecular formula is C25H36F2. The zero-order valence-corrected chi connectivity index (χ0v) is 16.7. The van der Waals surface area contributed by atoms with E-state index in [4.69, 9.17) is 0 Å². The summed E-state index contributed by atoms with van der Waals surface area (Å²) in [4.78, 5) is 0. The third kappa shape index (κ3) is 6.43. The van der Waals surface area contributed by atoms with Crippen molar-refractivity contribution in [2.75, 3.05) is 0 Å². The topological polar surface area (TPSA) is 0 Å². The van der Waals surface area contributed by atoms with Crippen LogP contribution in [0.3, 0.4) is 0 Å². The maximum Gasteiger partial charge on any atom is 0.123 e. The third-order valence-electron chi connectivity index (χ3n) is 7.24. The van der Waals surface area contributed by atoms with Crippen LogP contribution in [0.2, 0.25) is 0 Å². The highest BCUT2D eigenvalue weighted by Gasteiger charge is 2.31. The van der Waals surface area contributed by atoms with Gasteiger partial charge in [0.25, 0.3) is 0 Å². The molecule has 0 amide bonds. The summed E-state index contributed by atoms with van der Waals surface area (Å²) >= 11 is 0. The first-order valence-corrected chi connectivity index (χ1v) is 11.3. The van der Waals surface area contributed by atoms with Crippen molar-refractivity contribution < 1.29 is 8.78 Å². The van der Waals surface area contributed by atoms with E-state index in [0.717, 1.165) is 30.6 Å². The summed E-state index contributed by atoms with van der Waals surface area (Å²) in [7, 11) is 0. The van der Waals surface area contributed by atoms with Crippen molar-refractivity contribution in [3.8, 4) is 0 Å². The maximum absolute atomic E-state index is 13.1. The Bertz CT molecular complexity index is 546. The molecule has 2 fully saturated rings. The molecule has 0 atom stereocenters. The van der Waals surface area contributed by atoms with Crippen molar-refractivity contribution in [2.45, 2.75) is 89.4 Å². The second-order valence-corrected chi connectivity index (χ2v) is 8.94. The van der Waals surface area contributed by atoms with Gasteiger partial charge in [0.2, 0.25) is 0 Å². The van der Waals surface area contributed by atoms with Crippen LogP contribution in [-0.2, 0) is 0 Å². The van der Waals surface area contributed by atoms with E-state index in [0.29, 0.717) is 12.2 Å². The minimum absolute atomic E-state index is 0.124. The molecule has 27 heavy (non-hydrogen) atoms. The number of unbranched alkanes of at least 4 members (excludes halogenated alkanes) is 3. The highest BCUT2D eigenvalue weighted by Crippen LogP contribution is 2.44. The average Bonchev–Trinajstić information content (AvgIpc) is 2.72. The van der Waals surface area contributed by atoms with Gasteiger partial charge in [-0.25, -0.2) is 8.78 Å². The summed E-state index contributed by atoms with van der Waals surface area (Å²) < 4.78 is 25.0. The van der Waals surface area contributed by atoms with Gasteiger partial charge in [0, 0.05) is 0 Å². The summed E-state index contributed by atoms with van der Waals surface area (Å²) in [5, 5.41) is 0. The zero-order chi connectivity index (χ0) is 18.9. The number of hydrogen-bond acceptors (Lipinski definition) is 0. The molecule has 0 bridgehead atoms. The SMILES string of the molecule is F/C=C/CCCCCC1CCC(C2CCC(c3ccc(F)cc3)CC2)CC1. The summed E-state index contributed by atoms with van der Waals surface area (Å²) in [5.41, 5.74) is 1.33. The fourth-order valence-corrected chi connectivity index (χ4v) is 5.54. The van der Waals surface area contributed by atoms with Crippen molar-refractivity contribution in [3.05, 3.63) is 48.1 Å². The number of halogens is 2. The smallest absolute Gasteiger partial charge is 0.123 e. The summed E-state index contributed by atoms with van der Waals surface area (Å²) in [6.45, 7) is 0. The van der Waals surface area contributed by atoms with Gasteiger partial charge in [-0.2, -0.15) is 0 Å². The van der Waals surface area contributed by atoms with Gasteiger partial charge in [-0.3, -0.25) is 0 Å². The van der Waals surface area contributed by atoms with Crippen molar-refractivity contribution in [2.24, 2.45) is 17.8 Å². The van der Waals surface area contributed by atoms with E-state index < -0.39 is 0 Å². The number of rotatable bonds is 8. The molecule has 0 heterocycles. The van der Waals surface area contributed by atoms with Crippen LogP contribution in [0.4, 0.5) is 8.78 Å². The van der Waals surface area contributed by atoms with Gasteiger partial charge in [0.15, 0.2) is 0 Å². The van der Waals surface area contributed by atoms with Gasteiger partial charge in [-0.05, 0) is 92.7 Å². The van der Waals surface area contributed by atoms with Crippen LogP contribution in [0.5, 0.6) is 0 Å². The van der Waals surface area contributed by atoms with Crippen LogP contribution < -0.4 is 0 Å². The molecule has 0 saturated heterocycles. The van der Waals surface area contributed by atoms with E-state index >= 15 is 0 Å². The van der Waals surface area contributed by atoms with Gasteiger partial charge < -0.3 is 0 Å². The lowest BCUT2D eigenvalue weighted by Crippen LogP contribution is -2.25. The van der Waals surface area contributed by atoms with Gasteiger partial charge in [0.1, 0.15) is 5.82 Å². The Morgan fingerprint density at radius 2 is 1.41 bits per heavy atom.